The molecule has 0 unspecified atom stereocenters. The highest BCUT2D eigenvalue weighted by molar-refractivity contribution is 7.99. The van der Waals surface area contributed by atoms with Crippen LogP contribution in [0.3, 0.4) is 0 Å². The minimum Gasteiger partial charge on any atom is -0.450 e. The van der Waals surface area contributed by atoms with Gasteiger partial charge in [0, 0.05) is 11.3 Å². The second kappa shape index (κ2) is 8.32. The third kappa shape index (κ3) is 4.94. The summed E-state index contributed by atoms with van der Waals surface area (Å²) in [5, 5.41) is 22.0. The van der Waals surface area contributed by atoms with Crippen LogP contribution in [0.15, 0.2) is 27.2 Å². The summed E-state index contributed by atoms with van der Waals surface area (Å²) >= 11 is 2.99. The molecule has 0 saturated heterocycles. The van der Waals surface area contributed by atoms with Gasteiger partial charge in [0.15, 0.2) is 5.09 Å². The van der Waals surface area contributed by atoms with E-state index >= 15 is 0 Å². The van der Waals surface area contributed by atoms with Crippen molar-refractivity contribution in [2.24, 2.45) is 0 Å². The molecule has 2 heterocycles. The minimum absolute atomic E-state index is 0.0311. The summed E-state index contributed by atoms with van der Waals surface area (Å²) in [5.41, 5.74) is -0.0311. The highest BCUT2D eigenvalue weighted by Crippen LogP contribution is 2.34. The van der Waals surface area contributed by atoms with E-state index in [1.165, 1.54) is 49.5 Å². The SMILES string of the molecule is Cc1nnc(NC(=O)/C(C#N)=C\c2ccc(SC3CCCCC3)o2)s1. The van der Waals surface area contributed by atoms with Gasteiger partial charge in [0.05, 0.1) is 0 Å². The molecule has 1 aliphatic carbocycles. The molecule has 0 radical (unpaired) electrons. The maximum absolute atomic E-state index is 12.2. The third-order valence-corrected chi connectivity index (χ3v) is 5.85. The first-order valence-corrected chi connectivity index (χ1v) is 9.83. The molecule has 0 bridgehead atoms. The molecule has 1 fully saturated rings. The van der Waals surface area contributed by atoms with Crippen LogP contribution in [0, 0.1) is 18.3 Å². The van der Waals surface area contributed by atoms with Crippen molar-refractivity contribution in [3.05, 3.63) is 28.5 Å². The number of nitrogens with zero attached hydrogens (tertiary/aromatic N) is 3. The summed E-state index contributed by atoms with van der Waals surface area (Å²) in [6.45, 7) is 1.79. The van der Waals surface area contributed by atoms with Crippen molar-refractivity contribution in [2.45, 2.75) is 49.4 Å². The molecule has 6 nitrogen and oxygen atoms in total. The predicted molar refractivity (Wildman–Crippen MR) is 98.3 cm³/mol. The number of aryl methyl sites for hydroxylation is 1. The van der Waals surface area contributed by atoms with Crippen LogP contribution < -0.4 is 5.32 Å². The van der Waals surface area contributed by atoms with Crippen molar-refractivity contribution >= 4 is 40.2 Å². The number of hydrogen-bond donors (Lipinski definition) is 1. The van der Waals surface area contributed by atoms with Crippen LogP contribution >= 0.6 is 23.1 Å². The van der Waals surface area contributed by atoms with Crippen LogP contribution in [0.5, 0.6) is 0 Å². The predicted octanol–water partition coefficient (Wildman–Crippen LogP) is 4.41. The van der Waals surface area contributed by atoms with Crippen molar-refractivity contribution in [3.63, 3.8) is 0 Å². The van der Waals surface area contributed by atoms with Crippen molar-refractivity contribution in [1.29, 1.82) is 5.26 Å². The zero-order valence-electron chi connectivity index (χ0n) is 13.8. The number of thioether (sulfide) groups is 1. The van der Waals surface area contributed by atoms with Crippen LogP contribution in [0.1, 0.15) is 42.9 Å². The first kappa shape index (κ1) is 17.7. The van der Waals surface area contributed by atoms with Gasteiger partial charge in [-0.05, 0) is 31.9 Å². The largest absolute Gasteiger partial charge is 0.450 e. The molecule has 25 heavy (non-hydrogen) atoms. The van der Waals surface area contributed by atoms with Gasteiger partial charge in [-0.15, -0.1) is 10.2 Å². The molecule has 1 N–H and O–H groups in total. The Morgan fingerprint density at radius 3 is 2.88 bits per heavy atom. The summed E-state index contributed by atoms with van der Waals surface area (Å²) in [6.07, 6.45) is 7.74. The van der Waals surface area contributed by atoms with E-state index in [0.29, 0.717) is 16.1 Å². The lowest BCUT2D eigenvalue weighted by Gasteiger charge is -2.19. The van der Waals surface area contributed by atoms with Gasteiger partial charge in [-0.1, -0.05) is 42.4 Å². The minimum atomic E-state index is -0.517. The van der Waals surface area contributed by atoms with Crippen molar-refractivity contribution in [2.75, 3.05) is 5.32 Å². The van der Waals surface area contributed by atoms with Crippen LogP contribution in [0.4, 0.5) is 5.13 Å². The van der Waals surface area contributed by atoms with Crippen LogP contribution in [0.25, 0.3) is 6.08 Å². The monoisotopic (exact) mass is 374 g/mol. The van der Waals surface area contributed by atoms with E-state index in [2.05, 4.69) is 15.5 Å². The first-order valence-electron chi connectivity index (χ1n) is 8.14. The lowest BCUT2D eigenvalue weighted by Crippen LogP contribution is -2.13. The van der Waals surface area contributed by atoms with Gasteiger partial charge in [-0.3, -0.25) is 10.1 Å². The molecule has 8 heteroatoms. The molecule has 0 atom stereocenters. The van der Waals surface area contributed by atoms with E-state index < -0.39 is 5.91 Å². The zero-order valence-corrected chi connectivity index (χ0v) is 15.5. The highest BCUT2D eigenvalue weighted by atomic mass is 32.2. The maximum atomic E-state index is 12.2. The second-order valence-corrected chi connectivity index (χ2v) is 8.27. The number of hydrogen-bond acceptors (Lipinski definition) is 7. The van der Waals surface area contributed by atoms with Gasteiger partial charge < -0.3 is 4.42 Å². The average molecular weight is 374 g/mol. The Morgan fingerprint density at radius 1 is 1.40 bits per heavy atom. The number of nitrogens with one attached hydrogen (secondary N) is 1. The summed E-state index contributed by atoms with van der Waals surface area (Å²) < 4.78 is 5.75. The Bertz CT molecular complexity index is 813. The fourth-order valence-electron chi connectivity index (χ4n) is 2.62. The Kier molecular flexibility index (Phi) is 5.89. The van der Waals surface area contributed by atoms with Gasteiger partial charge >= 0.3 is 0 Å². The number of carbonyl (C=O) groups excluding carboxylic acids is 1. The molecular formula is C17H18N4O2S2. The number of furan rings is 1. The number of nitriles is 1. The van der Waals surface area contributed by atoms with Gasteiger partial charge in [-0.25, -0.2) is 0 Å². The first-order chi connectivity index (χ1) is 12.1. The van der Waals surface area contributed by atoms with Crippen LogP contribution in [-0.2, 0) is 4.79 Å². The molecular weight excluding hydrogens is 356 g/mol. The number of anilines is 1. The molecule has 0 aliphatic heterocycles. The molecule has 2 aromatic heterocycles. The van der Waals surface area contributed by atoms with Crippen LogP contribution in [0.2, 0.25) is 0 Å². The second-order valence-electron chi connectivity index (χ2n) is 5.78. The zero-order chi connectivity index (χ0) is 17.6. The summed E-state index contributed by atoms with van der Waals surface area (Å²) in [7, 11) is 0. The van der Waals surface area contributed by atoms with E-state index in [0.717, 1.165) is 10.1 Å². The van der Waals surface area contributed by atoms with Gasteiger partial charge in [0.25, 0.3) is 5.91 Å². The fourth-order valence-corrected chi connectivity index (χ4v) is 4.40. The molecule has 1 aliphatic rings. The van der Waals surface area contributed by atoms with Crippen molar-refractivity contribution in [3.8, 4) is 6.07 Å². The Hall–Kier alpha value is -2.11. The molecule has 0 spiro atoms. The van der Waals surface area contributed by atoms with Gasteiger partial charge in [-0.2, -0.15) is 5.26 Å². The van der Waals surface area contributed by atoms with Crippen molar-refractivity contribution < 1.29 is 9.21 Å². The van der Waals surface area contributed by atoms with Crippen LogP contribution in [-0.4, -0.2) is 21.4 Å². The lowest BCUT2D eigenvalue weighted by molar-refractivity contribution is -0.112. The van der Waals surface area contributed by atoms with E-state index in [1.54, 1.807) is 24.8 Å². The Labute approximate surface area is 154 Å². The summed E-state index contributed by atoms with van der Waals surface area (Å²) in [5.74, 6) is -0.0185. The number of aromatic nitrogens is 2. The number of amides is 1. The summed E-state index contributed by atoms with van der Waals surface area (Å²) in [6, 6.07) is 5.58. The standard InChI is InChI=1S/C17H18N4O2S2/c1-11-20-21-17(24-11)19-16(22)12(10-18)9-13-7-8-15(23-13)25-14-5-3-2-4-6-14/h7-9,14H,2-6H2,1H3,(H,19,21,22)/b12-9-. The normalized spacial score (nSPS) is 15.8. The maximum Gasteiger partial charge on any atom is 0.268 e. The quantitative estimate of drug-likeness (QED) is 0.615. The average Bonchev–Trinajstić information content (AvgIpc) is 3.22. The van der Waals surface area contributed by atoms with E-state index in [4.69, 9.17) is 4.42 Å². The smallest absolute Gasteiger partial charge is 0.268 e. The molecule has 130 valence electrons. The Balaban J connectivity index is 1.65. The van der Waals surface area contributed by atoms with Crippen molar-refractivity contribution in [1.82, 2.24) is 10.2 Å². The molecule has 0 aromatic carbocycles. The molecule has 2 aromatic rings. The van der Waals surface area contributed by atoms with E-state index in [-0.39, 0.29) is 5.57 Å². The van der Waals surface area contributed by atoms with E-state index in [9.17, 15) is 10.1 Å². The fraction of sp³-hybridized carbons (Fsp3) is 0.412. The topological polar surface area (TPSA) is 91.8 Å². The third-order valence-electron chi connectivity index (χ3n) is 3.84. The Morgan fingerprint density at radius 2 is 2.20 bits per heavy atom. The number of carbonyl (C=O) groups is 1. The van der Waals surface area contributed by atoms with Gasteiger partial charge in [0.1, 0.15) is 22.4 Å². The van der Waals surface area contributed by atoms with Gasteiger partial charge in [0.2, 0.25) is 5.13 Å². The van der Waals surface area contributed by atoms with E-state index in [1.807, 2.05) is 12.1 Å². The molecule has 1 amide bonds. The molecule has 1 saturated carbocycles. The highest BCUT2D eigenvalue weighted by Gasteiger charge is 2.17. The summed E-state index contributed by atoms with van der Waals surface area (Å²) in [4.78, 5) is 12.2. The number of rotatable bonds is 5. The lowest BCUT2D eigenvalue weighted by atomic mass is 10.0. The molecule has 3 rings (SSSR count).